The molecule has 2 heterocycles. The predicted octanol–water partition coefficient (Wildman–Crippen LogP) is 6.27. The summed E-state index contributed by atoms with van der Waals surface area (Å²) in [6, 6.07) is 15.9. The molecule has 0 fully saturated rings. The molecule has 4 aromatic rings. The monoisotopic (exact) mass is 471 g/mol. The van der Waals surface area contributed by atoms with Crippen molar-refractivity contribution < 1.29 is 13.9 Å². The number of benzene rings is 2. The molecule has 2 aromatic carbocycles. The van der Waals surface area contributed by atoms with Crippen LogP contribution in [0.3, 0.4) is 0 Å². The van der Waals surface area contributed by atoms with E-state index in [0.717, 1.165) is 56.0 Å². The number of methoxy groups -OCH3 is 1. The molecule has 0 aliphatic heterocycles. The molecule has 6 nitrogen and oxygen atoms in total. The Morgan fingerprint density at radius 1 is 1.00 bits per heavy atom. The van der Waals surface area contributed by atoms with Gasteiger partial charge in [0.1, 0.15) is 0 Å². The molecule has 0 spiro atoms. The third-order valence-electron chi connectivity index (χ3n) is 6.81. The zero-order chi connectivity index (χ0) is 24.0. The molecule has 35 heavy (non-hydrogen) atoms. The van der Waals surface area contributed by atoms with E-state index < -0.39 is 0 Å². The van der Waals surface area contributed by atoms with E-state index in [1.807, 2.05) is 18.2 Å². The van der Waals surface area contributed by atoms with Gasteiger partial charge >= 0.3 is 0 Å². The van der Waals surface area contributed by atoms with E-state index in [1.54, 1.807) is 13.2 Å². The molecule has 6 heteroatoms. The normalized spacial score (nSPS) is 13.1. The number of carbonyl (C=O) groups excluding carboxylic acids is 1. The highest BCUT2D eigenvalue weighted by molar-refractivity contribution is 5.97. The first-order chi connectivity index (χ1) is 17.2. The third-order valence-corrected chi connectivity index (χ3v) is 6.81. The summed E-state index contributed by atoms with van der Waals surface area (Å²) in [5.74, 6) is 0.774. The van der Waals surface area contributed by atoms with Crippen molar-refractivity contribution in [3.8, 4) is 5.75 Å². The maximum Gasteiger partial charge on any atom is 0.287 e. The highest BCUT2D eigenvalue weighted by Crippen LogP contribution is 2.33. The van der Waals surface area contributed by atoms with E-state index in [2.05, 4.69) is 34.9 Å². The van der Waals surface area contributed by atoms with E-state index in [0.29, 0.717) is 23.6 Å². The SMILES string of the molecule is COc1cccc2cc(C(=O)NCCCCCCNc3c4c(nc5ccccc35)CCCC4)oc12. The van der Waals surface area contributed by atoms with Gasteiger partial charge in [0.15, 0.2) is 17.1 Å². The Balaban J connectivity index is 1.06. The summed E-state index contributed by atoms with van der Waals surface area (Å²) in [5, 5.41) is 8.81. The van der Waals surface area contributed by atoms with Gasteiger partial charge in [-0.2, -0.15) is 0 Å². The zero-order valence-corrected chi connectivity index (χ0v) is 20.4. The molecule has 182 valence electrons. The van der Waals surface area contributed by atoms with Crippen molar-refractivity contribution >= 4 is 33.5 Å². The summed E-state index contributed by atoms with van der Waals surface area (Å²) < 4.78 is 11.0. The number of pyridine rings is 1. The molecule has 0 saturated heterocycles. The van der Waals surface area contributed by atoms with Crippen LogP contribution >= 0.6 is 0 Å². The van der Waals surface area contributed by atoms with Crippen molar-refractivity contribution in [2.24, 2.45) is 0 Å². The Kier molecular flexibility index (Phi) is 7.17. The first-order valence-electron chi connectivity index (χ1n) is 12.7. The van der Waals surface area contributed by atoms with Gasteiger partial charge in [0.25, 0.3) is 5.91 Å². The van der Waals surface area contributed by atoms with E-state index in [9.17, 15) is 4.79 Å². The molecule has 0 unspecified atom stereocenters. The highest BCUT2D eigenvalue weighted by Gasteiger charge is 2.18. The van der Waals surface area contributed by atoms with Crippen LogP contribution in [-0.2, 0) is 12.8 Å². The summed E-state index contributed by atoms with van der Waals surface area (Å²) in [6.45, 7) is 1.59. The van der Waals surface area contributed by atoms with Gasteiger partial charge in [-0.1, -0.05) is 43.2 Å². The van der Waals surface area contributed by atoms with Crippen LogP contribution in [0.15, 0.2) is 52.9 Å². The van der Waals surface area contributed by atoms with Gasteiger partial charge < -0.3 is 19.8 Å². The zero-order valence-electron chi connectivity index (χ0n) is 20.4. The number of nitrogens with zero attached hydrogens (tertiary/aromatic N) is 1. The van der Waals surface area contributed by atoms with Crippen LogP contribution in [0.1, 0.15) is 60.3 Å². The van der Waals surface area contributed by atoms with Crippen molar-refractivity contribution in [3.63, 3.8) is 0 Å². The van der Waals surface area contributed by atoms with Gasteiger partial charge in [-0.15, -0.1) is 0 Å². The molecule has 0 saturated carbocycles. The lowest BCUT2D eigenvalue weighted by Gasteiger charge is -2.21. The largest absolute Gasteiger partial charge is 0.493 e. The molecule has 1 aliphatic rings. The summed E-state index contributed by atoms with van der Waals surface area (Å²) in [6.07, 6.45) is 8.93. The molecule has 1 aliphatic carbocycles. The fourth-order valence-electron chi connectivity index (χ4n) is 4.99. The number of fused-ring (bicyclic) bond motifs is 3. The number of rotatable bonds is 10. The second-order valence-corrected chi connectivity index (χ2v) is 9.22. The van der Waals surface area contributed by atoms with E-state index in [1.165, 1.54) is 35.2 Å². The average molecular weight is 472 g/mol. The number of hydrogen-bond acceptors (Lipinski definition) is 5. The number of amides is 1. The molecule has 1 amide bonds. The van der Waals surface area contributed by atoms with Crippen molar-refractivity contribution in [2.45, 2.75) is 51.4 Å². The topological polar surface area (TPSA) is 76.4 Å². The lowest BCUT2D eigenvalue weighted by Crippen LogP contribution is -2.23. The van der Waals surface area contributed by atoms with E-state index >= 15 is 0 Å². The molecular weight excluding hydrogens is 438 g/mol. The van der Waals surface area contributed by atoms with Crippen LogP contribution in [0.4, 0.5) is 5.69 Å². The maximum absolute atomic E-state index is 12.5. The lowest BCUT2D eigenvalue weighted by molar-refractivity contribution is 0.0927. The Hall–Kier alpha value is -3.54. The van der Waals surface area contributed by atoms with Crippen LogP contribution < -0.4 is 15.4 Å². The number of anilines is 1. The van der Waals surface area contributed by atoms with Gasteiger partial charge in [0.05, 0.1) is 12.6 Å². The van der Waals surface area contributed by atoms with Gasteiger partial charge in [-0.3, -0.25) is 9.78 Å². The van der Waals surface area contributed by atoms with Crippen molar-refractivity contribution in [1.82, 2.24) is 10.3 Å². The van der Waals surface area contributed by atoms with Crippen molar-refractivity contribution in [3.05, 3.63) is 65.5 Å². The first-order valence-corrected chi connectivity index (χ1v) is 12.7. The van der Waals surface area contributed by atoms with Gasteiger partial charge in [-0.25, -0.2) is 0 Å². The maximum atomic E-state index is 12.5. The molecule has 0 radical (unpaired) electrons. The van der Waals surface area contributed by atoms with Gasteiger partial charge in [0.2, 0.25) is 0 Å². The fourth-order valence-corrected chi connectivity index (χ4v) is 4.99. The number of ether oxygens (including phenoxy) is 1. The number of carbonyl (C=O) groups is 1. The van der Waals surface area contributed by atoms with E-state index in [4.69, 9.17) is 14.1 Å². The second-order valence-electron chi connectivity index (χ2n) is 9.22. The predicted molar refractivity (Wildman–Crippen MR) is 140 cm³/mol. The van der Waals surface area contributed by atoms with Gasteiger partial charge in [-0.05, 0) is 62.3 Å². The average Bonchev–Trinajstić information content (AvgIpc) is 3.34. The van der Waals surface area contributed by atoms with Crippen LogP contribution in [0.25, 0.3) is 21.9 Å². The molecule has 2 N–H and O–H groups in total. The number of hydrogen-bond donors (Lipinski definition) is 2. The number of furan rings is 1. The minimum Gasteiger partial charge on any atom is -0.493 e. The summed E-state index contributed by atoms with van der Waals surface area (Å²) in [7, 11) is 1.60. The highest BCUT2D eigenvalue weighted by atomic mass is 16.5. The Labute approximate surface area is 206 Å². The van der Waals surface area contributed by atoms with Crippen LogP contribution in [0.2, 0.25) is 0 Å². The minimum atomic E-state index is -0.181. The number of aryl methyl sites for hydroxylation is 1. The van der Waals surface area contributed by atoms with Crippen molar-refractivity contribution in [2.75, 3.05) is 25.5 Å². The minimum absolute atomic E-state index is 0.181. The third kappa shape index (κ3) is 5.11. The quantitative estimate of drug-likeness (QED) is 0.267. The molecule has 0 atom stereocenters. The summed E-state index contributed by atoms with van der Waals surface area (Å²) in [5.41, 5.74) is 5.68. The van der Waals surface area contributed by atoms with Crippen molar-refractivity contribution in [1.29, 1.82) is 0 Å². The Morgan fingerprint density at radius 2 is 1.83 bits per heavy atom. The smallest absolute Gasteiger partial charge is 0.287 e. The van der Waals surface area contributed by atoms with E-state index in [-0.39, 0.29) is 5.91 Å². The summed E-state index contributed by atoms with van der Waals surface area (Å²) in [4.78, 5) is 17.4. The lowest BCUT2D eigenvalue weighted by atomic mass is 9.92. The van der Waals surface area contributed by atoms with Crippen LogP contribution in [-0.4, -0.2) is 31.1 Å². The van der Waals surface area contributed by atoms with Gasteiger partial charge in [0, 0.05) is 35.2 Å². The van der Waals surface area contributed by atoms with Crippen LogP contribution in [0.5, 0.6) is 5.75 Å². The first kappa shape index (κ1) is 23.2. The number of para-hydroxylation sites is 2. The Bertz CT molecular complexity index is 1330. The molecule has 5 rings (SSSR count). The molecule has 2 aromatic heterocycles. The number of nitrogens with one attached hydrogen (secondary N) is 2. The molecular formula is C29H33N3O3. The standard InChI is InChI=1S/C29H33N3O3/c1-34-25-16-10-11-20-19-26(35-28(20)25)29(33)31-18-9-3-2-8-17-30-27-21-12-4-6-14-23(21)32-24-15-7-5-13-22(24)27/h4,6,10-12,14,16,19H,2-3,5,7-9,13,15,17-18H2,1H3,(H,30,32)(H,31,33). The second kappa shape index (κ2) is 10.8. The fraction of sp³-hybridized carbons (Fsp3) is 0.379. The molecule has 0 bridgehead atoms. The number of aromatic nitrogens is 1. The van der Waals surface area contributed by atoms with Crippen LogP contribution in [0, 0.1) is 0 Å². The summed E-state index contributed by atoms with van der Waals surface area (Å²) >= 11 is 0. The number of unbranched alkanes of at least 4 members (excludes halogenated alkanes) is 3. The Morgan fingerprint density at radius 3 is 2.71 bits per heavy atom.